The third-order valence-electron chi connectivity index (χ3n) is 1.83. The third-order valence-corrected chi connectivity index (χ3v) is 2.09. The van der Waals surface area contributed by atoms with Crippen LogP contribution in [0.5, 0.6) is 0 Å². The van der Waals surface area contributed by atoms with Gasteiger partial charge in [0.1, 0.15) is 0 Å². The van der Waals surface area contributed by atoms with Crippen molar-refractivity contribution in [1.29, 1.82) is 0 Å². The summed E-state index contributed by atoms with van der Waals surface area (Å²) in [5, 5.41) is 0.658. The molecule has 2 nitrogen and oxygen atoms in total. The van der Waals surface area contributed by atoms with Crippen molar-refractivity contribution in [2.75, 3.05) is 7.11 Å². The summed E-state index contributed by atoms with van der Waals surface area (Å²) in [6.45, 7) is 3.55. The highest BCUT2D eigenvalue weighted by Crippen LogP contribution is 2.13. The Morgan fingerprint density at radius 3 is 2.47 bits per heavy atom. The molecule has 1 aromatic rings. The molecular formula is C12H11ClO2. The molecule has 3 heteroatoms. The highest BCUT2D eigenvalue weighted by Gasteiger charge is 2.04. The number of halogens is 1. The lowest BCUT2D eigenvalue weighted by molar-refractivity contribution is -0.135. The van der Waals surface area contributed by atoms with Gasteiger partial charge in [-0.15, -0.1) is 0 Å². The quantitative estimate of drug-likeness (QED) is 0.446. The molecular weight excluding hydrogens is 212 g/mol. The molecule has 0 fully saturated rings. The minimum absolute atomic E-state index is 0.403. The van der Waals surface area contributed by atoms with Crippen molar-refractivity contribution in [2.24, 2.45) is 0 Å². The van der Waals surface area contributed by atoms with E-state index in [4.69, 9.17) is 11.6 Å². The number of methoxy groups -OCH3 is 1. The highest BCUT2D eigenvalue weighted by molar-refractivity contribution is 6.30. The van der Waals surface area contributed by atoms with E-state index in [1.54, 1.807) is 18.2 Å². The molecule has 15 heavy (non-hydrogen) atoms. The van der Waals surface area contributed by atoms with E-state index in [-0.39, 0.29) is 0 Å². The molecule has 0 atom stereocenters. The minimum Gasteiger partial charge on any atom is -0.465 e. The van der Waals surface area contributed by atoms with Crippen molar-refractivity contribution in [1.82, 2.24) is 0 Å². The van der Waals surface area contributed by atoms with Crippen LogP contribution >= 0.6 is 11.6 Å². The van der Waals surface area contributed by atoms with Crippen molar-refractivity contribution in [3.63, 3.8) is 0 Å². The highest BCUT2D eigenvalue weighted by atomic mass is 35.5. The summed E-state index contributed by atoms with van der Waals surface area (Å²) in [5.41, 5.74) is 1.29. The Morgan fingerprint density at radius 1 is 1.40 bits per heavy atom. The fourth-order valence-corrected chi connectivity index (χ4v) is 1.18. The maximum atomic E-state index is 11.2. The molecule has 1 aromatic carbocycles. The maximum absolute atomic E-state index is 11.2. The van der Waals surface area contributed by atoms with Gasteiger partial charge in [-0.1, -0.05) is 36.4 Å². The molecule has 0 amide bonds. The lowest BCUT2D eigenvalue weighted by Gasteiger charge is -1.99. The molecule has 0 aliphatic rings. The van der Waals surface area contributed by atoms with Crippen molar-refractivity contribution < 1.29 is 9.53 Å². The lowest BCUT2D eigenvalue weighted by Crippen LogP contribution is -2.01. The van der Waals surface area contributed by atoms with Gasteiger partial charge < -0.3 is 4.74 Å². The zero-order chi connectivity index (χ0) is 11.3. The standard InChI is InChI=1S/C12H11ClO2/c1-3-10(12(14)15-2)8-9-4-6-11(13)7-5-9/h3-8H,1H2,2H3/b10-8+. The van der Waals surface area contributed by atoms with Gasteiger partial charge in [0.15, 0.2) is 0 Å². The number of esters is 1. The van der Waals surface area contributed by atoms with E-state index in [1.165, 1.54) is 13.2 Å². The van der Waals surface area contributed by atoms with Crippen molar-refractivity contribution in [3.8, 4) is 0 Å². The number of carbonyl (C=O) groups excluding carboxylic acids is 1. The van der Waals surface area contributed by atoms with Crippen LogP contribution in [0, 0.1) is 0 Å². The van der Waals surface area contributed by atoms with Gasteiger partial charge in [0.05, 0.1) is 12.7 Å². The van der Waals surface area contributed by atoms with Crippen LogP contribution in [-0.2, 0) is 9.53 Å². The Labute approximate surface area is 93.8 Å². The summed E-state index contributed by atoms with van der Waals surface area (Å²) >= 11 is 5.74. The molecule has 0 spiro atoms. The lowest BCUT2D eigenvalue weighted by atomic mass is 10.1. The summed E-state index contributed by atoms with van der Waals surface area (Å²) in [6.07, 6.45) is 3.15. The van der Waals surface area contributed by atoms with Crippen LogP contribution in [-0.4, -0.2) is 13.1 Å². The molecule has 0 aliphatic heterocycles. The van der Waals surface area contributed by atoms with E-state index >= 15 is 0 Å². The molecule has 0 radical (unpaired) electrons. The maximum Gasteiger partial charge on any atom is 0.337 e. The first-order valence-electron chi connectivity index (χ1n) is 4.35. The number of benzene rings is 1. The van der Waals surface area contributed by atoms with Gasteiger partial charge in [0, 0.05) is 5.02 Å². The van der Waals surface area contributed by atoms with Crippen LogP contribution in [0.4, 0.5) is 0 Å². The van der Waals surface area contributed by atoms with E-state index in [0.29, 0.717) is 10.6 Å². The topological polar surface area (TPSA) is 26.3 Å². The Hall–Kier alpha value is -1.54. The fourth-order valence-electron chi connectivity index (χ4n) is 1.06. The van der Waals surface area contributed by atoms with Crippen LogP contribution in [0.3, 0.4) is 0 Å². The summed E-state index contributed by atoms with van der Waals surface area (Å²) < 4.78 is 4.59. The molecule has 0 aromatic heterocycles. The molecule has 78 valence electrons. The van der Waals surface area contributed by atoms with Gasteiger partial charge in [-0.3, -0.25) is 0 Å². The van der Waals surface area contributed by atoms with Crippen molar-refractivity contribution in [3.05, 3.63) is 53.1 Å². The monoisotopic (exact) mass is 222 g/mol. The van der Waals surface area contributed by atoms with Crippen LogP contribution < -0.4 is 0 Å². The van der Waals surface area contributed by atoms with Gasteiger partial charge in [-0.2, -0.15) is 0 Å². The van der Waals surface area contributed by atoms with Gasteiger partial charge in [0.25, 0.3) is 0 Å². The zero-order valence-electron chi connectivity index (χ0n) is 8.37. The molecule has 0 bridgehead atoms. The fraction of sp³-hybridized carbons (Fsp3) is 0.0833. The third kappa shape index (κ3) is 3.26. The Kier molecular flexibility index (Phi) is 4.13. The van der Waals surface area contributed by atoms with E-state index in [9.17, 15) is 4.79 Å². The molecule has 0 heterocycles. The number of rotatable bonds is 3. The van der Waals surface area contributed by atoms with E-state index in [0.717, 1.165) is 5.56 Å². The number of hydrogen-bond donors (Lipinski definition) is 0. The van der Waals surface area contributed by atoms with Gasteiger partial charge in [-0.05, 0) is 23.8 Å². The molecule has 0 saturated carbocycles. The summed E-state index contributed by atoms with van der Waals surface area (Å²) in [5.74, 6) is -0.403. The first-order valence-corrected chi connectivity index (χ1v) is 4.73. The predicted octanol–water partition coefficient (Wildman–Crippen LogP) is 3.08. The number of hydrogen-bond acceptors (Lipinski definition) is 2. The normalized spacial score (nSPS) is 10.9. The minimum atomic E-state index is -0.403. The van der Waals surface area contributed by atoms with E-state index < -0.39 is 5.97 Å². The second-order valence-electron chi connectivity index (χ2n) is 2.85. The second kappa shape index (κ2) is 5.37. The molecule has 0 aliphatic carbocycles. The van der Waals surface area contributed by atoms with Crippen LogP contribution in [0.1, 0.15) is 5.56 Å². The van der Waals surface area contributed by atoms with Gasteiger partial charge in [0.2, 0.25) is 0 Å². The average Bonchev–Trinajstić information content (AvgIpc) is 2.27. The largest absolute Gasteiger partial charge is 0.465 e. The zero-order valence-corrected chi connectivity index (χ0v) is 9.12. The Balaban J connectivity index is 2.98. The van der Waals surface area contributed by atoms with Crippen molar-refractivity contribution in [2.45, 2.75) is 0 Å². The van der Waals surface area contributed by atoms with Crippen LogP contribution in [0.25, 0.3) is 6.08 Å². The first-order chi connectivity index (χ1) is 7.17. The van der Waals surface area contributed by atoms with Crippen molar-refractivity contribution >= 4 is 23.6 Å². The summed E-state index contributed by atoms with van der Waals surface area (Å²) in [7, 11) is 1.33. The summed E-state index contributed by atoms with van der Waals surface area (Å²) in [6, 6.07) is 7.14. The van der Waals surface area contributed by atoms with Crippen LogP contribution in [0.15, 0.2) is 42.5 Å². The first kappa shape index (κ1) is 11.5. The SMILES string of the molecule is C=C/C(=C\c1ccc(Cl)cc1)C(=O)OC. The van der Waals surface area contributed by atoms with Gasteiger partial charge >= 0.3 is 5.97 Å². The molecule has 0 N–H and O–H groups in total. The molecule has 0 saturated heterocycles. The van der Waals surface area contributed by atoms with Gasteiger partial charge in [-0.25, -0.2) is 4.79 Å². The second-order valence-corrected chi connectivity index (χ2v) is 3.28. The Bertz CT molecular complexity index is 391. The average molecular weight is 223 g/mol. The smallest absolute Gasteiger partial charge is 0.337 e. The predicted molar refractivity (Wildman–Crippen MR) is 61.6 cm³/mol. The summed E-state index contributed by atoms with van der Waals surface area (Å²) in [4.78, 5) is 11.2. The van der Waals surface area contributed by atoms with E-state index in [2.05, 4.69) is 11.3 Å². The molecule has 0 unspecified atom stereocenters. The molecule has 1 rings (SSSR count). The number of ether oxygens (including phenoxy) is 1. The number of carbonyl (C=O) groups is 1. The van der Waals surface area contributed by atoms with Crippen LogP contribution in [0.2, 0.25) is 5.02 Å². The Morgan fingerprint density at radius 2 is 2.00 bits per heavy atom. The van der Waals surface area contributed by atoms with E-state index in [1.807, 2.05) is 12.1 Å².